The largest absolute Gasteiger partial charge is 0.253 e. The van der Waals surface area contributed by atoms with E-state index in [4.69, 9.17) is 24.9 Å². The molecule has 234 valence electrons. The molecule has 6 heteroatoms. The van der Waals surface area contributed by atoms with Crippen molar-refractivity contribution in [2.24, 2.45) is 0 Å². The van der Waals surface area contributed by atoms with E-state index in [9.17, 15) is 0 Å². The van der Waals surface area contributed by atoms with Gasteiger partial charge in [0.1, 0.15) is 5.69 Å². The molecule has 9 rings (SSSR count). The van der Waals surface area contributed by atoms with Crippen molar-refractivity contribution in [2.45, 2.75) is 0 Å². The maximum absolute atomic E-state index is 5.24. The van der Waals surface area contributed by atoms with Gasteiger partial charge in [-0.3, -0.25) is 4.98 Å². The molecular formula is C44H28N6. The van der Waals surface area contributed by atoms with E-state index in [0.29, 0.717) is 23.2 Å². The maximum Gasteiger partial charge on any atom is 0.182 e. The first-order valence-electron chi connectivity index (χ1n) is 16.5. The van der Waals surface area contributed by atoms with E-state index in [2.05, 4.69) is 83.8 Å². The highest BCUT2D eigenvalue weighted by Crippen LogP contribution is 2.36. The van der Waals surface area contributed by atoms with Crippen molar-refractivity contribution in [3.63, 3.8) is 0 Å². The predicted octanol–water partition coefficient (Wildman–Crippen LogP) is 10.4. The predicted molar refractivity (Wildman–Crippen MR) is 201 cm³/mol. The molecule has 0 bridgehead atoms. The molecule has 0 spiro atoms. The smallest absolute Gasteiger partial charge is 0.182 e. The molecule has 0 fully saturated rings. The van der Waals surface area contributed by atoms with Gasteiger partial charge >= 0.3 is 0 Å². The van der Waals surface area contributed by atoms with Gasteiger partial charge < -0.3 is 0 Å². The van der Waals surface area contributed by atoms with E-state index in [0.717, 1.165) is 66.6 Å². The molecule has 5 aromatic carbocycles. The Labute approximate surface area is 288 Å². The van der Waals surface area contributed by atoms with Crippen LogP contribution < -0.4 is 0 Å². The van der Waals surface area contributed by atoms with Crippen LogP contribution in [-0.2, 0) is 0 Å². The molecule has 0 aliphatic heterocycles. The molecule has 4 aromatic heterocycles. The average molecular weight is 641 g/mol. The monoisotopic (exact) mass is 640 g/mol. The highest BCUT2D eigenvalue weighted by atomic mass is 15.0. The number of hydrogen-bond acceptors (Lipinski definition) is 6. The quantitative estimate of drug-likeness (QED) is 0.168. The van der Waals surface area contributed by atoms with E-state index in [1.807, 2.05) is 84.9 Å². The molecule has 0 unspecified atom stereocenters. The van der Waals surface area contributed by atoms with E-state index in [1.165, 1.54) is 0 Å². The minimum atomic E-state index is 0.528. The Morgan fingerprint density at radius 3 is 1.52 bits per heavy atom. The second-order valence-electron chi connectivity index (χ2n) is 12.0. The molecule has 50 heavy (non-hydrogen) atoms. The fourth-order valence-electron chi connectivity index (χ4n) is 6.27. The van der Waals surface area contributed by atoms with Crippen LogP contribution in [0, 0.1) is 0 Å². The van der Waals surface area contributed by atoms with Gasteiger partial charge in [-0.05, 0) is 35.4 Å². The molecule has 6 nitrogen and oxygen atoms in total. The Hall–Kier alpha value is -6.92. The Morgan fingerprint density at radius 1 is 0.320 bits per heavy atom. The fraction of sp³-hybridized carbons (Fsp3) is 0. The molecule has 0 saturated carbocycles. The van der Waals surface area contributed by atoms with E-state index in [-0.39, 0.29) is 0 Å². The van der Waals surface area contributed by atoms with Gasteiger partial charge in [-0.1, -0.05) is 140 Å². The second-order valence-corrected chi connectivity index (χ2v) is 12.0. The van der Waals surface area contributed by atoms with Crippen LogP contribution in [0.1, 0.15) is 0 Å². The zero-order valence-corrected chi connectivity index (χ0v) is 26.8. The third-order valence-electron chi connectivity index (χ3n) is 8.79. The van der Waals surface area contributed by atoms with Crippen molar-refractivity contribution in [2.75, 3.05) is 0 Å². The first kappa shape index (κ1) is 29.2. The number of rotatable bonds is 6. The van der Waals surface area contributed by atoms with Crippen LogP contribution in [0.15, 0.2) is 170 Å². The molecule has 4 heterocycles. The summed E-state index contributed by atoms with van der Waals surface area (Å²) in [6.45, 7) is 0. The van der Waals surface area contributed by atoms with Gasteiger partial charge in [-0.15, -0.1) is 0 Å². The van der Waals surface area contributed by atoms with E-state index in [1.54, 1.807) is 6.20 Å². The lowest BCUT2D eigenvalue weighted by atomic mass is 9.96. The number of aromatic nitrogens is 6. The van der Waals surface area contributed by atoms with Crippen molar-refractivity contribution in [3.8, 4) is 67.9 Å². The van der Waals surface area contributed by atoms with E-state index >= 15 is 0 Å². The fourth-order valence-corrected chi connectivity index (χ4v) is 6.27. The van der Waals surface area contributed by atoms with Gasteiger partial charge in [0.05, 0.1) is 22.4 Å². The maximum atomic E-state index is 5.24. The Morgan fingerprint density at radius 2 is 0.860 bits per heavy atom. The highest BCUT2D eigenvalue weighted by molar-refractivity contribution is 6.09. The lowest BCUT2D eigenvalue weighted by Gasteiger charge is -2.13. The number of hydrogen-bond donors (Lipinski definition) is 0. The molecule has 0 radical (unpaired) electrons. The van der Waals surface area contributed by atoms with Crippen LogP contribution in [0.4, 0.5) is 0 Å². The molecule has 9 aromatic rings. The van der Waals surface area contributed by atoms with Crippen LogP contribution in [-0.4, -0.2) is 29.9 Å². The summed E-state index contributed by atoms with van der Waals surface area (Å²) in [5, 5.41) is 2.08. The summed E-state index contributed by atoms with van der Waals surface area (Å²) in [7, 11) is 0. The van der Waals surface area contributed by atoms with Crippen LogP contribution >= 0.6 is 0 Å². The van der Waals surface area contributed by atoms with Crippen LogP contribution in [0.5, 0.6) is 0 Å². The topological polar surface area (TPSA) is 77.3 Å². The van der Waals surface area contributed by atoms with E-state index < -0.39 is 0 Å². The third kappa shape index (κ3) is 5.55. The minimum Gasteiger partial charge on any atom is -0.253 e. The summed E-state index contributed by atoms with van der Waals surface area (Å²) in [5.74, 6) is 1.71. The van der Waals surface area contributed by atoms with Gasteiger partial charge in [0.25, 0.3) is 0 Å². The first-order valence-corrected chi connectivity index (χ1v) is 16.5. The van der Waals surface area contributed by atoms with Crippen LogP contribution in [0.3, 0.4) is 0 Å². The normalized spacial score (nSPS) is 11.2. The Kier molecular flexibility index (Phi) is 7.37. The summed E-state index contributed by atoms with van der Waals surface area (Å²) in [4.78, 5) is 29.5. The first-order chi connectivity index (χ1) is 24.8. The van der Waals surface area contributed by atoms with Crippen molar-refractivity contribution in [1.82, 2.24) is 29.9 Å². The van der Waals surface area contributed by atoms with Gasteiger partial charge in [-0.25, -0.2) is 24.9 Å². The molecule has 0 N–H and O–H groups in total. The van der Waals surface area contributed by atoms with Gasteiger partial charge in [0.2, 0.25) is 0 Å². The molecule has 0 aliphatic carbocycles. The van der Waals surface area contributed by atoms with Crippen molar-refractivity contribution in [3.05, 3.63) is 170 Å². The van der Waals surface area contributed by atoms with Gasteiger partial charge in [0.15, 0.2) is 17.5 Å². The number of fused-ring (bicyclic) bond motifs is 3. The summed E-state index contributed by atoms with van der Waals surface area (Å²) in [6.07, 6.45) is 1.75. The Bertz CT molecular complexity index is 2550. The van der Waals surface area contributed by atoms with Crippen molar-refractivity contribution in [1.29, 1.82) is 0 Å². The molecule has 0 amide bonds. The summed E-state index contributed by atoms with van der Waals surface area (Å²) in [5.41, 5.74) is 10.3. The van der Waals surface area contributed by atoms with Gasteiger partial charge in [-0.2, -0.15) is 0 Å². The molecule has 0 saturated heterocycles. The van der Waals surface area contributed by atoms with Crippen LogP contribution in [0.25, 0.3) is 89.7 Å². The molecule has 0 atom stereocenters. The summed E-state index contributed by atoms with van der Waals surface area (Å²) >= 11 is 0. The van der Waals surface area contributed by atoms with Crippen molar-refractivity contribution >= 4 is 21.8 Å². The second kappa shape index (κ2) is 12.6. The lowest BCUT2D eigenvalue weighted by molar-refractivity contribution is 1.06. The zero-order valence-electron chi connectivity index (χ0n) is 26.8. The molecular weight excluding hydrogens is 613 g/mol. The molecule has 0 aliphatic rings. The van der Waals surface area contributed by atoms with Crippen molar-refractivity contribution < 1.29 is 0 Å². The number of nitrogens with zero attached hydrogens (tertiary/aromatic N) is 6. The zero-order chi connectivity index (χ0) is 33.3. The average Bonchev–Trinajstić information content (AvgIpc) is 3.21. The van der Waals surface area contributed by atoms with Gasteiger partial charge in [0, 0.05) is 39.2 Å². The van der Waals surface area contributed by atoms with Crippen LogP contribution in [0.2, 0.25) is 0 Å². The highest BCUT2D eigenvalue weighted by Gasteiger charge is 2.16. The third-order valence-corrected chi connectivity index (χ3v) is 8.79. The number of pyridine rings is 3. The summed E-state index contributed by atoms with van der Waals surface area (Å²) in [6, 6.07) is 55.4. The lowest BCUT2D eigenvalue weighted by Crippen LogP contribution is -2.01. The Balaban J connectivity index is 1.20. The SMILES string of the molecule is c1ccc(-c2ccc3ccc4c(-c5ccc(-c6nc(-c7ccccc7)nc(-c7ccccn7)n6)cc5)cc(-c5ccccc5)nc4c3n2)cc1. The number of benzene rings is 5. The standard InChI is InChI=1S/C44H28N6/c1-4-12-30(13-5-1)37-26-24-32-23-25-35-36(28-39(31-14-6-2-7-15-31)47-41(35)40(32)46-37)29-19-21-34(22-20-29)43-48-42(33-16-8-3-9-17-33)49-44(50-43)38-18-10-11-27-45-38/h1-28H. The summed E-state index contributed by atoms with van der Waals surface area (Å²) < 4.78 is 0. The minimum absolute atomic E-state index is 0.528.